The van der Waals surface area contributed by atoms with Crippen molar-refractivity contribution in [1.29, 1.82) is 0 Å². The standard InChI is InChI=1S/C15H14BrClN2O3/c16-10-7-12(19-8-10)15(20)18-2-1-9-5-11(17)14-13(6-9)21-3-4-22-14/h5-8,19H,1-4H2,(H,18,20). The molecule has 7 heteroatoms. The summed E-state index contributed by atoms with van der Waals surface area (Å²) in [6.07, 6.45) is 2.37. The van der Waals surface area contributed by atoms with E-state index in [4.69, 9.17) is 21.1 Å². The van der Waals surface area contributed by atoms with Gasteiger partial charge in [-0.3, -0.25) is 4.79 Å². The van der Waals surface area contributed by atoms with Crippen LogP contribution in [0.5, 0.6) is 11.5 Å². The number of aromatic amines is 1. The zero-order valence-electron chi connectivity index (χ0n) is 11.6. The number of H-pyrrole nitrogens is 1. The monoisotopic (exact) mass is 384 g/mol. The number of carbonyl (C=O) groups excluding carboxylic acids is 1. The van der Waals surface area contributed by atoms with Crippen molar-refractivity contribution in [3.8, 4) is 11.5 Å². The highest BCUT2D eigenvalue weighted by atomic mass is 79.9. The van der Waals surface area contributed by atoms with E-state index in [1.165, 1.54) is 0 Å². The maximum atomic E-state index is 11.9. The molecule has 2 heterocycles. The lowest BCUT2D eigenvalue weighted by atomic mass is 10.1. The van der Waals surface area contributed by atoms with Gasteiger partial charge in [0.25, 0.3) is 5.91 Å². The van der Waals surface area contributed by atoms with Crippen molar-refractivity contribution in [1.82, 2.24) is 10.3 Å². The Hall–Kier alpha value is -1.66. The van der Waals surface area contributed by atoms with Crippen LogP contribution in [0.2, 0.25) is 5.02 Å². The van der Waals surface area contributed by atoms with Gasteiger partial charge in [0.15, 0.2) is 11.5 Å². The maximum Gasteiger partial charge on any atom is 0.267 e. The summed E-state index contributed by atoms with van der Waals surface area (Å²) in [5.41, 5.74) is 1.51. The summed E-state index contributed by atoms with van der Waals surface area (Å²) in [7, 11) is 0. The molecule has 2 N–H and O–H groups in total. The van der Waals surface area contributed by atoms with Crippen LogP contribution in [0, 0.1) is 0 Å². The lowest BCUT2D eigenvalue weighted by molar-refractivity contribution is 0.0950. The Morgan fingerprint density at radius 1 is 1.32 bits per heavy atom. The topological polar surface area (TPSA) is 63.4 Å². The molecule has 116 valence electrons. The zero-order chi connectivity index (χ0) is 15.5. The fourth-order valence-electron chi connectivity index (χ4n) is 2.22. The van der Waals surface area contributed by atoms with Crippen LogP contribution in [0.3, 0.4) is 0 Å². The molecule has 0 atom stereocenters. The van der Waals surface area contributed by atoms with Gasteiger partial charge in [0, 0.05) is 17.2 Å². The molecule has 0 radical (unpaired) electrons. The van der Waals surface area contributed by atoms with Crippen LogP contribution in [-0.2, 0) is 6.42 Å². The fourth-order valence-corrected chi connectivity index (χ4v) is 2.85. The van der Waals surface area contributed by atoms with Gasteiger partial charge < -0.3 is 19.8 Å². The van der Waals surface area contributed by atoms with E-state index in [0.29, 0.717) is 48.4 Å². The Bertz CT molecular complexity index is 702. The molecule has 5 nitrogen and oxygen atoms in total. The second-order valence-corrected chi connectivity index (χ2v) is 6.16. The van der Waals surface area contributed by atoms with E-state index in [1.54, 1.807) is 12.3 Å². The summed E-state index contributed by atoms with van der Waals surface area (Å²) in [5, 5.41) is 3.39. The predicted molar refractivity (Wildman–Crippen MR) is 87.0 cm³/mol. The summed E-state index contributed by atoms with van der Waals surface area (Å²) in [5.74, 6) is 1.11. The number of benzene rings is 1. The molecular formula is C15H14BrClN2O3. The molecular weight excluding hydrogens is 372 g/mol. The van der Waals surface area contributed by atoms with Crippen LogP contribution < -0.4 is 14.8 Å². The van der Waals surface area contributed by atoms with E-state index in [9.17, 15) is 4.79 Å². The van der Waals surface area contributed by atoms with Gasteiger partial charge in [0.05, 0.1) is 5.02 Å². The molecule has 0 bridgehead atoms. The van der Waals surface area contributed by atoms with E-state index >= 15 is 0 Å². The first-order chi connectivity index (χ1) is 10.6. The van der Waals surface area contributed by atoms with Crippen LogP contribution in [0.25, 0.3) is 0 Å². The minimum atomic E-state index is -0.144. The smallest absolute Gasteiger partial charge is 0.267 e. The minimum absolute atomic E-state index is 0.144. The number of fused-ring (bicyclic) bond motifs is 1. The third-order valence-electron chi connectivity index (χ3n) is 3.25. The molecule has 22 heavy (non-hydrogen) atoms. The van der Waals surface area contributed by atoms with E-state index in [2.05, 4.69) is 26.2 Å². The minimum Gasteiger partial charge on any atom is -0.486 e. The number of aromatic nitrogens is 1. The molecule has 1 aromatic carbocycles. The number of carbonyl (C=O) groups is 1. The highest BCUT2D eigenvalue weighted by molar-refractivity contribution is 9.10. The van der Waals surface area contributed by atoms with Crippen molar-refractivity contribution in [2.75, 3.05) is 19.8 Å². The first-order valence-corrected chi connectivity index (χ1v) is 8.01. The highest BCUT2D eigenvalue weighted by Gasteiger charge is 2.16. The summed E-state index contributed by atoms with van der Waals surface area (Å²) < 4.78 is 11.9. The number of halogens is 2. The molecule has 1 aliphatic heterocycles. The fraction of sp³-hybridized carbons (Fsp3) is 0.267. The third kappa shape index (κ3) is 3.39. The SMILES string of the molecule is O=C(NCCc1cc(Cl)c2c(c1)OCCO2)c1cc(Br)c[nH]1. The Morgan fingerprint density at radius 2 is 2.14 bits per heavy atom. The number of amides is 1. The van der Waals surface area contributed by atoms with Gasteiger partial charge in [-0.2, -0.15) is 0 Å². The first-order valence-electron chi connectivity index (χ1n) is 6.83. The molecule has 0 saturated heterocycles. The molecule has 1 amide bonds. The quantitative estimate of drug-likeness (QED) is 0.850. The molecule has 1 aromatic heterocycles. The van der Waals surface area contributed by atoms with Gasteiger partial charge in [-0.25, -0.2) is 0 Å². The Balaban J connectivity index is 1.60. The summed E-state index contributed by atoms with van der Waals surface area (Å²) in [6, 6.07) is 5.47. The molecule has 2 aromatic rings. The van der Waals surface area contributed by atoms with Crippen LogP contribution in [0.15, 0.2) is 28.9 Å². The summed E-state index contributed by atoms with van der Waals surface area (Å²) >= 11 is 9.48. The van der Waals surface area contributed by atoms with E-state index in [-0.39, 0.29) is 5.91 Å². The summed E-state index contributed by atoms with van der Waals surface area (Å²) in [6.45, 7) is 1.53. The number of ether oxygens (including phenoxy) is 2. The molecule has 3 rings (SSSR count). The third-order valence-corrected chi connectivity index (χ3v) is 3.99. The first kappa shape index (κ1) is 15.2. The van der Waals surface area contributed by atoms with Gasteiger partial charge in [-0.1, -0.05) is 11.6 Å². The van der Waals surface area contributed by atoms with Crippen LogP contribution >= 0.6 is 27.5 Å². The van der Waals surface area contributed by atoms with Gasteiger partial charge in [0.2, 0.25) is 0 Å². The average Bonchev–Trinajstić information content (AvgIpc) is 2.94. The van der Waals surface area contributed by atoms with Gasteiger partial charge >= 0.3 is 0 Å². The number of nitrogens with one attached hydrogen (secondary N) is 2. The molecule has 1 aliphatic rings. The van der Waals surface area contributed by atoms with Crippen LogP contribution in [-0.4, -0.2) is 30.6 Å². The Labute approximate surface area is 141 Å². The van der Waals surface area contributed by atoms with Crippen LogP contribution in [0.1, 0.15) is 16.1 Å². The number of hydrogen-bond acceptors (Lipinski definition) is 3. The maximum absolute atomic E-state index is 11.9. The van der Waals surface area contributed by atoms with Crippen molar-refractivity contribution in [2.24, 2.45) is 0 Å². The van der Waals surface area contributed by atoms with Crippen LogP contribution in [0.4, 0.5) is 0 Å². The van der Waals surface area contributed by atoms with Gasteiger partial charge in [-0.05, 0) is 46.1 Å². The average molecular weight is 386 g/mol. The van der Waals surface area contributed by atoms with Crippen molar-refractivity contribution in [3.05, 3.63) is 45.1 Å². The second kappa shape index (κ2) is 6.62. The van der Waals surface area contributed by atoms with E-state index in [1.807, 2.05) is 12.1 Å². The molecule has 0 aliphatic carbocycles. The normalized spacial score (nSPS) is 13.0. The summed E-state index contributed by atoms with van der Waals surface area (Å²) in [4.78, 5) is 14.8. The van der Waals surface area contributed by atoms with E-state index in [0.717, 1.165) is 10.0 Å². The van der Waals surface area contributed by atoms with Crippen molar-refractivity contribution < 1.29 is 14.3 Å². The lowest BCUT2D eigenvalue weighted by Crippen LogP contribution is -2.26. The molecule has 0 unspecified atom stereocenters. The molecule has 0 fully saturated rings. The highest BCUT2D eigenvalue weighted by Crippen LogP contribution is 2.38. The Morgan fingerprint density at radius 3 is 2.91 bits per heavy atom. The largest absolute Gasteiger partial charge is 0.486 e. The van der Waals surface area contributed by atoms with Crippen molar-refractivity contribution >= 4 is 33.4 Å². The van der Waals surface area contributed by atoms with Gasteiger partial charge in [0.1, 0.15) is 18.9 Å². The zero-order valence-corrected chi connectivity index (χ0v) is 14.0. The van der Waals surface area contributed by atoms with E-state index < -0.39 is 0 Å². The second-order valence-electron chi connectivity index (χ2n) is 4.84. The van der Waals surface area contributed by atoms with Gasteiger partial charge in [-0.15, -0.1) is 0 Å². The Kier molecular flexibility index (Phi) is 4.59. The molecule has 0 saturated carbocycles. The predicted octanol–water partition coefficient (Wildman–Crippen LogP) is 3.17. The lowest BCUT2D eigenvalue weighted by Gasteiger charge is -2.20. The van der Waals surface area contributed by atoms with Crippen molar-refractivity contribution in [2.45, 2.75) is 6.42 Å². The number of hydrogen-bond donors (Lipinski definition) is 2. The molecule has 0 spiro atoms. The number of rotatable bonds is 4. The van der Waals surface area contributed by atoms with Crippen molar-refractivity contribution in [3.63, 3.8) is 0 Å².